The molecule has 0 unspecified atom stereocenters. The summed E-state index contributed by atoms with van der Waals surface area (Å²) in [5.74, 6) is 1.94. The van der Waals surface area contributed by atoms with Gasteiger partial charge in [-0.3, -0.25) is 9.78 Å². The third kappa shape index (κ3) is 3.88. The van der Waals surface area contributed by atoms with Crippen LogP contribution in [0.4, 0.5) is 0 Å². The van der Waals surface area contributed by atoms with E-state index in [4.69, 9.17) is 9.26 Å². The summed E-state index contributed by atoms with van der Waals surface area (Å²) >= 11 is 0. The summed E-state index contributed by atoms with van der Waals surface area (Å²) in [6, 6.07) is 11.0. The highest BCUT2D eigenvalue weighted by Crippen LogP contribution is 2.29. The molecule has 1 aromatic carbocycles. The van der Waals surface area contributed by atoms with Crippen LogP contribution in [0.25, 0.3) is 11.4 Å². The van der Waals surface area contributed by atoms with Gasteiger partial charge in [0.15, 0.2) is 0 Å². The Labute approximate surface area is 163 Å². The van der Waals surface area contributed by atoms with Crippen molar-refractivity contribution in [3.05, 3.63) is 60.2 Å². The van der Waals surface area contributed by atoms with Crippen LogP contribution in [-0.2, 0) is 0 Å². The quantitative estimate of drug-likeness (QED) is 0.585. The molecule has 28 heavy (non-hydrogen) atoms. The van der Waals surface area contributed by atoms with E-state index >= 15 is 0 Å². The predicted octanol–water partition coefficient (Wildman–Crippen LogP) is 3.55. The van der Waals surface area contributed by atoms with Gasteiger partial charge >= 0.3 is 0 Å². The summed E-state index contributed by atoms with van der Waals surface area (Å²) in [6.07, 6.45) is 5.51. The zero-order valence-electron chi connectivity index (χ0n) is 15.7. The highest BCUT2D eigenvalue weighted by atomic mass is 16.5. The van der Waals surface area contributed by atoms with E-state index in [0.29, 0.717) is 37.0 Å². The van der Waals surface area contributed by atoms with Crippen molar-refractivity contribution in [2.45, 2.75) is 25.7 Å². The Morgan fingerprint density at radius 3 is 2.79 bits per heavy atom. The maximum absolute atomic E-state index is 12.6. The lowest BCUT2D eigenvalue weighted by Crippen LogP contribution is -2.48. The van der Waals surface area contributed by atoms with Crippen molar-refractivity contribution in [1.29, 1.82) is 0 Å². The number of benzene rings is 1. The third-order valence-corrected chi connectivity index (χ3v) is 4.75. The SMILES string of the molecule is CCCCOc1ccc(C(=O)N2CC(c3nc(-c4cccnc4)no3)C2)cc1. The largest absolute Gasteiger partial charge is 0.494 e. The number of rotatable bonds is 7. The molecule has 0 bridgehead atoms. The average molecular weight is 378 g/mol. The van der Waals surface area contributed by atoms with Gasteiger partial charge in [0.25, 0.3) is 5.91 Å². The Balaban J connectivity index is 1.32. The lowest BCUT2D eigenvalue weighted by Gasteiger charge is -2.37. The van der Waals surface area contributed by atoms with Crippen molar-refractivity contribution >= 4 is 5.91 Å². The van der Waals surface area contributed by atoms with Gasteiger partial charge in [0.1, 0.15) is 5.75 Å². The monoisotopic (exact) mass is 378 g/mol. The fraction of sp³-hybridized carbons (Fsp3) is 0.333. The van der Waals surface area contributed by atoms with Crippen molar-refractivity contribution in [1.82, 2.24) is 20.0 Å². The predicted molar refractivity (Wildman–Crippen MR) is 103 cm³/mol. The standard InChI is InChI=1S/C21H22N4O3/c1-2-3-11-27-18-8-6-15(7-9-18)21(26)25-13-17(14-25)20-23-19(24-28-20)16-5-4-10-22-12-16/h4-10,12,17H,2-3,11,13-14H2,1H3. The van der Waals surface area contributed by atoms with Crippen LogP contribution in [0.15, 0.2) is 53.3 Å². The molecule has 3 aromatic rings. The number of likely N-dealkylation sites (tertiary alicyclic amines) is 1. The topological polar surface area (TPSA) is 81.4 Å². The summed E-state index contributed by atoms with van der Waals surface area (Å²) in [6.45, 7) is 3.97. The van der Waals surface area contributed by atoms with Crippen LogP contribution in [0.5, 0.6) is 5.75 Å². The minimum atomic E-state index is 0.00311. The van der Waals surface area contributed by atoms with E-state index in [1.54, 1.807) is 17.3 Å². The number of ether oxygens (including phenoxy) is 1. The maximum atomic E-state index is 12.6. The molecular formula is C21H22N4O3. The molecule has 0 spiro atoms. The molecule has 1 fully saturated rings. The Morgan fingerprint density at radius 2 is 2.07 bits per heavy atom. The van der Waals surface area contributed by atoms with Crippen molar-refractivity contribution in [3.63, 3.8) is 0 Å². The van der Waals surface area contributed by atoms with E-state index in [1.807, 2.05) is 36.4 Å². The third-order valence-electron chi connectivity index (χ3n) is 4.75. The minimum absolute atomic E-state index is 0.00311. The zero-order chi connectivity index (χ0) is 19.3. The van der Waals surface area contributed by atoms with E-state index in [9.17, 15) is 4.79 Å². The van der Waals surface area contributed by atoms with Gasteiger partial charge in [0.05, 0.1) is 12.5 Å². The Kier molecular flexibility index (Phi) is 5.32. The fourth-order valence-electron chi connectivity index (χ4n) is 3.02. The molecule has 3 heterocycles. The zero-order valence-corrected chi connectivity index (χ0v) is 15.7. The molecule has 0 N–H and O–H groups in total. The minimum Gasteiger partial charge on any atom is -0.494 e. The summed E-state index contributed by atoms with van der Waals surface area (Å²) in [5.41, 5.74) is 1.47. The number of aromatic nitrogens is 3. The van der Waals surface area contributed by atoms with Crippen LogP contribution in [-0.4, -0.2) is 45.6 Å². The summed E-state index contributed by atoms with van der Waals surface area (Å²) in [7, 11) is 0. The molecule has 4 rings (SSSR count). The van der Waals surface area contributed by atoms with Crippen molar-refractivity contribution in [3.8, 4) is 17.1 Å². The second kappa shape index (κ2) is 8.21. The van der Waals surface area contributed by atoms with Gasteiger partial charge in [-0.15, -0.1) is 0 Å². The summed E-state index contributed by atoms with van der Waals surface area (Å²) < 4.78 is 11.0. The second-order valence-electron chi connectivity index (χ2n) is 6.83. The lowest BCUT2D eigenvalue weighted by molar-refractivity contribution is 0.0569. The van der Waals surface area contributed by atoms with Gasteiger partial charge < -0.3 is 14.2 Å². The number of nitrogens with zero attached hydrogens (tertiary/aromatic N) is 4. The van der Waals surface area contributed by atoms with E-state index in [-0.39, 0.29) is 11.8 Å². The number of carbonyl (C=O) groups excluding carboxylic acids is 1. The van der Waals surface area contributed by atoms with Gasteiger partial charge in [-0.05, 0) is 42.8 Å². The van der Waals surface area contributed by atoms with E-state index in [1.165, 1.54) is 0 Å². The molecule has 1 amide bonds. The fourth-order valence-corrected chi connectivity index (χ4v) is 3.02. The van der Waals surface area contributed by atoms with Crippen LogP contribution in [0.3, 0.4) is 0 Å². The molecule has 1 aliphatic rings. The van der Waals surface area contributed by atoms with Crippen LogP contribution in [0, 0.1) is 0 Å². The first-order valence-corrected chi connectivity index (χ1v) is 9.50. The average Bonchev–Trinajstić information content (AvgIpc) is 3.18. The Hall–Kier alpha value is -3.22. The van der Waals surface area contributed by atoms with Crippen LogP contribution < -0.4 is 4.74 Å². The number of carbonyl (C=O) groups is 1. The first-order chi connectivity index (χ1) is 13.7. The number of amides is 1. The number of hydrogen-bond acceptors (Lipinski definition) is 6. The van der Waals surface area contributed by atoms with Crippen LogP contribution in [0.2, 0.25) is 0 Å². The van der Waals surface area contributed by atoms with E-state index in [2.05, 4.69) is 22.0 Å². The Bertz CT molecular complexity index is 918. The first kappa shape index (κ1) is 18.2. The highest BCUT2D eigenvalue weighted by molar-refractivity contribution is 5.95. The van der Waals surface area contributed by atoms with Crippen LogP contribution >= 0.6 is 0 Å². The Morgan fingerprint density at radius 1 is 1.25 bits per heavy atom. The lowest BCUT2D eigenvalue weighted by atomic mass is 9.98. The molecule has 144 valence electrons. The van der Waals surface area contributed by atoms with Crippen molar-refractivity contribution < 1.29 is 14.1 Å². The molecular weight excluding hydrogens is 356 g/mol. The molecule has 7 heteroatoms. The van der Waals surface area contributed by atoms with Gasteiger partial charge in [-0.2, -0.15) is 4.98 Å². The van der Waals surface area contributed by atoms with Crippen molar-refractivity contribution in [2.24, 2.45) is 0 Å². The molecule has 0 radical (unpaired) electrons. The van der Waals surface area contributed by atoms with Crippen molar-refractivity contribution in [2.75, 3.05) is 19.7 Å². The van der Waals surface area contributed by atoms with Gasteiger partial charge in [-0.1, -0.05) is 18.5 Å². The molecule has 7 nitrogen and oxygen atoms in total. The first-order valence-electron chi connectivity index (χ1n) is 9.50. The smallest absolute Gasteiger partial charge is 0.253 e. The number of unbranched alkanes of at least 4 members (excludes halogenated alkanes) is 1. The van der Waals surface area contributed by atoms with Gasteiger partial charge in [0, 0.05) is 36.6 Å². The van der Waals surface area contributed by atoms with Gasteiger partial charge in [0.2, 0.25) is 11.7 Å². The van der Waals surface area contributed by atoms with E-state index < -0.39 is 0 Å². The second-order valence-corrected chi connectivity index (χ2v) is 6.83. The molecule has 0 atom stereocenters. The molecule has 0 saturated carbocycles. The molecule has 1 aliphatic heterocycles. The molecule has 2 aromatic heterocycles. The van der Waals surface area contributed by atoms with E-state index in [0.717, 1.165) is 24.2 Å². The van der Waals surface area contributed by atoms with Crippen LogP contribution in [0.1, 0.15) is 41.9 Å². The summed E-state index contributed by atoms with van der Waals surface area (Å²) in [4.78, 5) is 22.9. The highest BCUT2D eigenvalue weighted by Gasteiger charge is 2.36. The number of hydrogen-bond donors (Lipinski definition) is 0. The van der Waals surface area contributed by atoms with Gasteiger partial charge in [-0.25, -0.2) is 0 Å². The normalized spacial score (nSPS) is 14.0. The maximum Gasteiger partial charge on any atom is 0.253 e. The summed E-state index contributed by atoms with van der Waals surface area (Å²) in [5, 5.41) is 4.01. The molecule has 0 aliphatic carbocycles. The number of pyridine rings is 1. The molecule has 1 saturated heterocycles.